The van der Waals surface area contributed by atoms with Crippen LogP contribution < -0.4 is 10.6 Å². The molecule has 1 fully saturated rings. The van der Waals surface area contributed by atoms with Crippen LogP contribution in [0.5, 0.6) is 0 Å². The lowest BCUT2D eigenvalue weighted by Gasteiger charge is -2.13. The molecule has 3 heteroatoms. The second-order valence-electron chi connectivity index (χ2n) is 3.82. The van der Waals surface area contributed by atoms with Crippen LogP contribution in [0.25, 0.3) is 0 Å². The van der Waals surface area contributed by atoms with E-state index in [1.54, 1.807) is 0 Å². The zero-order valence-corrected chi connectivity index (χ0v) is 8.68. The summed E-state index contributed by atoms with van der Waals surface area (Å²) in [7, 11) is 0. The third-order valence-corrected chi connectivity index (χ3v) is 2.54. The predicted octanol–water partition coefficient (Wildman–Crippen LogP) is 0.656. The molecule has 1 unspecified atom stereocenters. The maximum atomic E-state index is 11.4. The van der Waals surface area contributed by atoms with Crippen molar-refractivity contribution in [2.24, 2.45) is 0 Å². The van der Waals surface area contributed by atoms with Gasteiger partial charge in [-0.1, -0.05) is 18.8 Å². The highest BCUT2D eigenvalue weighted by Gasteiger charge is 2.16. The Balaban J connectivity index is 2.12. The van der Waals surface area contributed by atoms with Gasteiger partial charge in [0.25, 0.3) is 0 Å². The number of hydrogen-bond acceptors (Lipinski definition) is 2. The Labute approximate surface area is 85.6 Å². The van der Waals surface area contributed by atoms with E-state index in [9.17, 15) is 4.79 Å². The topological polar surface area (TPSA) is 41.1 Å². The molecule has 0 radical (unpaired) electrons. The van der Waals surface area contributed by atoms with Crippen molar-refractivity contribution < 1.29 is 4.79 Å². The van der Waals surface area contributed by atoms with Crippen molar-refractivity contribution >= 4 is 5.91 Å². The molecule has 0 saturated heterocycles. The summed E-state index contributed by atoms with van der Waals surface area (Å²) in [6.07, 6.45) is 9.89. The number of terminal acetylenes is 1. The zero-order chi connectivity index (χ0) is 10.4. The fourth-order valence-electron chi connectivity index (χ4n) is 1.65. The van der Waals surface area contributed by atoms with Gasteiger partial charge in [0.15, 0.2) is 0 Å². The molecule has 1 rings (SSSR count). The van der Waals surface area contributed by atoms with Crippen LogP contribution in [-0.2, 0) is 4.79 Å². The molecule has 1 saturated carbocycles. The summed E-state index contributed by atoms with van der Waals surface area (Å²) in [4.78, 5) is 11.4. The van der Waals surface area contributed by atoms with Crippen molar-refractivity contribution in [3.8, 4) is 12.3 Å². The molecule has 0 aliphatic heterocycles. The molecule has 1 aliphatic carbocycles. The van der Waals surface area contributed by atoms with Crippen LogP contribution in [0.4, 0.5) is 0 Å². The molecule has 1 amide bonds. The highest BCUT2D eigenvalue weighted by Crippen LogP contribution is 2.17. The smallest absolute Gasteiger partial charge is 0.234 e. The van der Waals surface area contributed by atoms with Gasteiger partial charge in [-0.05, 0) is 19.8 Å². The SMILES string of the molecule is C#CC(C)NCC(=O)NC1CCCC1. The fraction of sp³-hybridized carbons (Fsp3) is 0.727. The van der Waals surface area contributed by atoms with E-state index in [1.165, 1.54) is 12.8 Å². The van der Waals surface area contributed by atoms with Crippen LogP contribution in [0.15, 0.2) is 0 Å². The largest absolute Gasteiger partial charge is 0.352 e. The number of amides is 1. The number of hydrogen-bond donors (Lipinski definition) is 2. The van der Waals surface area contributed by atoms with Gasteiger partial charge in [0.05, 0.1) is 12.6 Å². The van der Waals surface area contributed by atoms with Crippen LogP contribution in [0.3, 0.4) is 0 Å². The number of carbonyl (C=O) groups excluding carboxylic acids is 1. The predicted molar refractivity (Wildman–Crippen MR) is 56.7 cm³/mol. The first-order valence-electron chi connectivity index (χ1n) is 5.21. The van der Waals surface area contributed by atoms with Crippen LogP contribution in [0, 0.1) is 12.3 Å². The first kappa shape index (κ1) is 11.1. The molecule has 3 nitrogen and oxygen atoms in total. The van der Waals surface area contributed by atoms with Gasteiger partial charge in [-0.2, -0.15) is 0 Å². The summed E-state index contributed by atoms with van der Waals surface area (Å²) in [6.45, 7) is 2.19. The van der Waals surface area contributed by atoms with Crippen molar-refractivity contribution in [1.82, 2.24) is 10.6 Å². The van der Waals surface area contributed by atoms with Crippen molar-refractivity contribution in [3.63, 3.8) is 0 Å². The standard InChI is InChI=1S/C11H18N2O/c1-3-9(2)12-8-11(14)13-10-6-4-5-7-10/h1,9-10,12H,4-8H2,2H3,(H,13,14). The molecular formula is C11H18N2O. The normalized spacial score (nSPS) is 18.9. The van der Waals surface area contributed by atoms with E-state index in [0.29, 0.717) is 12.6 Å². The molecule has 1 atom stereocenters. The Morgan fingerprint density at radius 1 is 1.57 bits per heavy atom. The van der Waals surface area contributed by atoms with Crippen LogP contribution in [0.1, 0.15) is 32.6 Å². The van der Waals surface area contributed by atoms with E-state index < -0.39 is 0 Å². The van der Waals surface area contributed by atoms with E-state index in [-0.39, 0.29) is 11.9 Å². The molecule has 1 aliphatic rings. The molecule has 78 valence electrons. The summed E-state index contributed by atoms with van der Waals surface area (Å²) in [5.41, 5.74) is 0. The minimum absolute atomic E-state index is 0.0377. The van der Waals surface area contributed by atoms with E-state index in [2.05, 4.69) is 16.6 Å². The van der Waals surface area contributed by atoms with Gasteiger partial charge in [-0.3, -0.25) is 10.1 Å². The Morgan fingerprint density at radius 3 is 2.79 bits per heavy atom. The first-order valence-corrected chi connectivity index (χ1v) is 5.21. The average molecular weight is 194 g/mol. The van der Waals surface area contributed by atoms with Gasteiger partial charge < -0.3 is 5.32 Å². The van der Waals surface area contributed by atoms with Crippen molar-refractivity contribution in [3.05, 3.63) is 0 Å². The number of nitrogens with one attached hydrogen (secondary N) is 2. The molecular weight excluding hydrogens is 176 g/mol. The van der Waals surface area contributed by atoms with Gasteiger partial charge in [0, 0.05) is 6.04 Å². The Bertz CT molecular complexity index is 226. The number of rotatable bonds is 4. The number of carbonyl (C=O) groups is 1. The lowest BCUT2D eigenvalue weighted by molar-refractivity contribution is -0.120. The zero-order valence-electron chi connectivity index (χ0n) is 8.68. The Hall–Kier alpha value is -1.01. The second kappa shape index (κ2) is 5.66. The molecule has 0 spiro atoms. The maximum absolute atomic E-state index is 11.4. The Morgan fingerprint density at radius 2 is 2.21 bits per heavy atom. The van der Waals surface area contributed by atoms with Crippen molar-refractivity contribution in [1.29, 1.82) is 0 Å². The van der Waals surface area contributed by atoms with Gasteiger partial charge in [0.1, 0.15) is 0 Å². The highest BCUT2D eigenvalue weighted by atomic mass is 16.1. The molecule has 0 aromatic heterocycles. The summed E-state index contributed by atoms with van der Waals surface area (Å²) in [5.74, 6) is 2.58. The Kier molecular flexibility index (Phi) is 4.48. The lowest BCUT2D eigenvalue weighted by atomic mass is 10.2. The molecule has 0 aromatic carbocycles. The summed E-state index contributed by atoms with van der Waals surface area (Å²) < 4.78 is 0. The minimum atomic E-state index is -0.0377. The van der Waals surface area contributed by atoms with Gasteiger partial charge >= 0.3 is 0 Å². The molecule has 0 bridgehead atoms. The first-order chi connectivity index (χ1) is 6.72. The molecule has 2 N–H and O–H groups in total. The van der Waals surface area contributed by atoms with Gasteiger partial charge in [0.2, 0.25) is 5.91 Å². The fourth-order valence-corrected chi connectivity index (χ4v) is 1.65. The van der Waals surface area contributed by atoms with Crippen molar-refractivity contribution in [2.75, 3.05) is 6.54 Å². The molecule has 14 heavy (non-hydrogen) atoms. The summed E-state index contributed by atoms with van der Waals surface area (Å²) >= 11 is 0. The van der Waals surface area contributed by atoms with E-state index in [4.69, 9.17) is 6.42 Å². The minimum Gasteiger partial charge on any atom is -0.352 e. The molecule has 0 aromatic rings. The monoisotopic (exact) mass is 194 g/mol. The van der Waals surface area contributed by atoms with Crippen LogP contribution in [-0.4, -0.2) is 24.5 Å². The summed E-state index contributed by atoms with van der Waals surface area (Å²) in [5, 5.41) is 5.95. The maximum Gasteiger partial charge on any atom is 0.234 e. The lowest BCUT2D eigenvalue weighted by Crippen LogP contribution is -2.41. The van der Waals surface area contributed by atoms with E-state index in [1.807, 2.05) is 6.92 Å². The van der Waals surface area contributed by atoms with E-state index in [0.717, 1.165) is 12.8 Å². The molecule has 0 heterocycles. The van der Waals surface area contributed by atoms with Gasteiger partial charge in [-0.25, -0.2) is 0 Å². The van der Waals surface area contributed by atoms with Crippen LogP contribution in [0.2, 0.25) is 0 Å². The van der Waals surface area contributed by atoms with Gasteiger partial charge in [-0.15, -0.1) is 6.42 Å². The average Bonchev–Trinajstić information content (AvgIpc) is 2.66. The summed E-state index contributed by atoms with van der Waals surface area (Å²) in [6, 6.07) is 0.356. The van der Waals surface area contributed by atoms with E-state index >= 15 is 0 Å². The van der Waals surface area contributed by atoms with Crippen molar-refractivity contribution in [2.45, 2.75) is 44.7 Å². The highest BCUT2D eigenvalue weighted by molar-refractivity contribution is 5.78. The second-order valence-corrected chi connectivity index (χ2v) is 3.82. The quantitative estimate of drug-likeness (QED) is 0.645. The van der Waals surface area contributed by atoms with Crippen LogP contribution >= 0.6 is 0 Å². The third-order valence-electron chi connectivity index (χ3n) is 2.54. The third kappa shape index (κ3) is 3.80.